The fourth-order valence-electron chi connectivity index (χ4n) is 4.64. The van der Waals surface area contributed by atoms with Crippen LogP contribution in [0.3, 0.4) is 0 Å². The lowest BCUT2D eigenvalue weighted by Crippen LogP contribution is -2.28. The highest BCUT2D eigenvalue weighted by Crippen LogP contribution is 2.41. The predicted molar refractivity (Wildman–Crippen MR) is 91.6 cm³/mol. The number of unbranched alkanes of at least 4 members (excludes halogenated alkanes) is 2. The molecule has 0 spiro atoms. The van der Waals surface area contributed by atoms with Gasteiger partial charge in [0.05, 0.1) is 6.10 Å². The first-order valence-corrected chi connectivity index (χ1v) is 9.95. The van der Waals surface area contributed by atoms with E-state index in [0.717, 1.165) is 24.4 Å². The Bertz CT molecular complexity index is 247. The first-order chi connectivity index (χ1) is 10.3. The number of ether oxygens (including phenoxy) is 1. The Morgan fingerprint density at radius 3 is 1.90 bits per heavy atom. The molecule has 2 aliphatic carbocycles. The van der Waals surface area contributed by atoms with E-state index in [1.165, 1.54) is 83.5 Å². The first-order valence-electron chi connectivity index (χ1n) is 9.95. The van der Waals surface area contributed by atoms with Gasteiger partial charge in [0.25, 0.3) is 0 Å². The molecule has 0 amide bonds. The van der Waals surface area contributed by atoms with E-state index >= 15 is 0 Å². The van der Waals surface area contributed by atoms with E-state index in [1.54, 1.807) is 0 Å². The Morgan fingerprint density at radius 1 is 0.714 bits per heavy atom. The van der Waals surface area contributed by atoms with Gasteiger partial charge in [-0.25, -0.2) is 0 Å². The minimum atomic E-state index is 0.589. The third-order valence-electron chi connectivity index (χ3n) is 6.05. The molecule has 2 aliphatic rings. The molecule has 0 aromatic carbocycles. The minimum absolute atomic E-state index is 0.589. The summed E-state index contributed by atoms with van der Waals surface area (Å²) in [5, 5.41) is 0. The maximum atomic E-state index is 5.94. The van der Waals surface area contributed by atoms with Crippen LogP contribution in [0.5, 0.6) is 0 Å². The van der Waals surface area contributed by atoms with Crippen molar-refractivity contribution in [2.24, 2.45) is 17.8 Å². The third-order valence-corrected chi connectivity index (χ3v) is 6.05. The second kappa shape index (κ2) is 9.87. The molecule has 0 atom stereocenters. The Balaban J connectivity index is 1.60. The van der Waals surface area contributed by atoms with Gasteiger partial charge < -0.3 is 4.74 Å². The highest BCUT2D eigenvalue weighted by Gasteiger charge is 2.30. The summed E-state index contributed by atoms with van der Waals surface area (Å²) in [7, 11) is 0. The van der Waals surface area contributed by atoms with Gasteiger partial charge in [-0.05, 0) is 62.7 Å². The molecular formula is C20H38O. The van der Waals surface area contributed by atoms with Gasteiger partial charge in [-0.1, -0.05) is 52.4 Å². The van der Waals surface area contributed by atoms with Crippen LogP contribution in [0.1, 0.15) is 97.3 Å². The average molecular weight is 295 g/mol. The van der Waals surface area contributed by atoms with Crippen LogP contribution in [0.25, 0.3) is 0 Å². The molecule has 124 valence electrons. The second-order valence-electron chi connectivity index (χ2n) is 7.68. The van der Waals surface area contributed by atoms with Gasteiger partial charge in [0, 0.05) is 6.61 Å². The lowest BCUT2D eigenvalue weighted by atomic mass is 9.70. The SMILES string of the molecule is CCCCCC1CCC(C2CCC(OCCC)CC2)CC1. The van der Waals surface area contributed by atoms with Gasteiger partial charge in [0.1, 0.15) is 0 Å². The molecule has 2 rings (SSSR count). The van der Waals surface area contributed by atoms with Crippen LogP contribution < -0.4 is 0 Å². The summed E-state index contributed by atoms with van der Waals surface area (Å²) < 4.78 is 5.94. The molecular weight excluding hydrogens is 256 g/mol. The van der Waals surface area contributed by atoms with Gasteiger partial charge in [0.2, 0.25) is 0 Å². The van der Waals surface area contributed by atoms with Gasteiger partial charge in [0.15, 0.2) is 0 Å². The summed E-state index contributed by atoms with van der Waals surface area (Å²) in [6.45, 7) is 5.50. The summed E-state index contributed by atoms with van der Waals surface area (Å²) in [4.78, 5) is 0. The van der Waals surface area contributed by atoms with Crippen molar-refractivity contribution in [3.05, 3.63) is 0 Å². The molecule has 1 heteroatoms. The van der Waals surface area contributed by atoms with Crippen molar-refractivity contribution in [3.8, 4) is 0 Å². The summed E-state index contributed by atoms with van der Waals surface area (Å²) >= 11 is 0. The van der Waals surface area contributed by atoms with E-state index in [0.29, 0.717) is 6.10 Å². The zero-order valence-corrected chi connectivity index (χ0v) is 14.6. The van der Waals surface area contributed by atoms with Gasteiger partial charge in [-0.15, -0.1) is 0 Å². The Kier molecular flexibility index (Phi) is 8.14. The lowest BCUT2D eigenvalue weighted by molar-refractivity contribution is 0.00726. The van der Waals surface area contributed by atoms with Crippen LogP contribution in [-0.2, 0) is 4.74 Å². The van der Waals surface area contributed by atoms with Crippen LogP contribution in [0.15, 0.2) is 0 Å². The fourth-order valence-corrected chi connectivity index (χ4v) is 4.64. The second-order valence-corrected chi connectivity index (χ2v) is 7.68. The van der Waals surface area contributed by atoms with Crippen molar-refractivity contribution in [3.63, 3.8) is 0 Å². The van der Waals surface area contributed by atoms with Crippen LogP contribution >= 0.6 is 0 Å². The normalized spacial score (nSPS) is 34.0. The molecule has 0 unspecified atom stereocenters. The maximum absolute atomic E-state index is 5.94. The minimum Gasteiger partial charge on any atom is -0.378 e. The molecule has 0 aliphatic heterocycles. The lowest BCUT2D eigenvalue weighted by Gasteiger charge is -2.37. The molecule has 0 bridgehead atoms. The third kappa shape index (κ3) is 5.93. The van der Waals surface area contributed by atoms with Crippen molar-refractivity contribution in [1.82, 2.24) is 0 Å². The van der Waals surface area contributed by atoms with Gasteiger partial charge >= 0.3 is 0 Å². The van der Waals surface area contributed by atoms with Gasteiger partial charge in [-0.3, -0.25) is 0 Å². The standard InChI is InChI=1S/C20H38O/c1-3-5-6-7-17-8-10-18(11-9-17)19-12-14-20(15-13-19)21-16-4-2/h17-20H,3-16H2,1-2H3. The van der Waals surface area contributed by atoms with Crippen molar-refractivity contribution in [2.45, 2.75) is 103 Å². The molecule has 0 aromatic rings. The zero-order valence-electron chi connectivity index (χ0n) is 14.6. The summed E-state index contributed by atoms with van der Waals surface area (Å²) in [6.07, 6.45) is 19.2. The van der Waals surface area contributed by atoms with E-state index in [1.807, 2.05) is 0 Å². The molecule has 2 fully saturated rings. The maximum Gasteiger partial charge on any atom is 0.0575 e. The Hall–Kier alpha value is -0.0400. The van der Waals surface area contributed by atoms with Crippen molar-refractivity contribution >= 4 is 0 Å². The predicted octanol–water partition coefficient (Wildman–Crippen LogP) is 6.36. The molecule has 0 saturated heterocycles. The monoisotopic (exact) mass is 294 g/mol. The quantitative estimate of drug-likeness (QED) is 0.473. The fraction of sp³-hybridized carbons (Fsp3) is 1.00. The van der Waals surface area contributed by atoms with E-state index in [-0.39, 0.29) is 0 Å². The molecule has 0 N–H and O–H groups in total. The number of rotatable bonds is 8. The topological polar surface area (TPSA) is 9.23 Å². The van der Waals surface area contributed by atoms with E-state index < -0.39 is 0 Å². The molecule has 21 heavy (non-hydrogen) atoms. The largest absolute Gasteiger partial charge is 0.378 e. The van der Waals surface area contributed by atoms with E-state index in [4.69, 9.17) is 4.74 Å². The van der Waals surface area contributed by atoms with Crippen LogP contribution in [-0.4, -0.2) is 12.7 Å². The van der Waals surface area contributed by atoms with Crippen LogP contribution in [0.2, 0.25) is 0 Å². The highest BCUT2D eigenvalue weighted by atomic mass is 16.5. The Morgan fingerprint density at radius 2 is 1.33 bits per heavy atom. The summed E-state index contributed by atoms with van der Waals surface area (Å²) in [5.74, 6) is 3.15. The highest BCUT2D eigenvalue weighted by molar-refractivity contribution is 4.82. The number of hydrogen-bond donors (Lipinski definition) is 0. The summed E-state index contributed by atoms with van der Waals surface area (Å²) in [6, 6.07) is 0. The first kappa shape index (κ1) is 17.3. The van der Waals surface area contributed by atoms with Crippen LogP contribution in [0.4, 0.5) is 0 Å². The van der Waals surface area contributed by atoms with Crippen molar-refractivity contribution in [2.75, 3.05) is 6.61 Å². The molecule has 0 aromatic heterocycles. The van der Waals surface area contributed by atoms with Crippen LogP contribution in [0, 0.1) is 17.8 Å². The van der Waals surface area contributed by atoms with E-state index in [9.17, 15) is 0 Å². The van der Waals surface area contributed by atoms with Crippen molar-refractivity contribution in [1.29, 1.82) is 0 Å². The van der Waals surface area contributed by atoms with Crippen molar-refractivity contribution < 1.29 is 4.74 Å². The summed E-state index contributed by atoms with van der Waals surface area (Å²) in [5.41, 5.74) is 0. The molecule has 1 nitrogen and oxygen atoms in total. The number of hydrogen-bond acceptors (Lipinski definition) is 1. The Labute approximate surface area is 133 Å². The molecule has 0 heterocycles. The van der Waals surface area contributed by atoms with E-state index in [2.05, 4.69) is 13.8 Å². The zero-order chi connectivity index (χ0) is 14.9. The average Bonchev–Trinajstić information content (AvgIpc) is 2.54. The smallest absolute Gasteiger partial charge is 0.0575 e. The molecule has 0 radical (unpaired) electrons. The van der Waals surface area contributed by atoms with Gasteiger partial charge in [-0.2, -0.15) is 0 Å². The molecule has 2 saturated carbocycles.